The number of carbonyl (C=O) groups excluding carboxylic acids is 1. The van der Waals surface area contributed by atoms with Crippen LogP contribution in [0.15, 0.2) is 12.2 Å². The minimum absolute atomic E-state index is 0.0603. The Hall–Kier alpha value is -1.32. The average molecular weight is 268 g/mol. The van der Waals surface area contributed by atoms with Crippen LogP contribution in [0.1, 0.15) is 52.9 Å². The van der Waals surface area contributed by atoms with Crippen LogP contribution in [0.2, 0.25) is 0 Å². The van der Waals surface area contributed by atoms with E-state index in [-0.39, 0.29) is 6.10 Å². The highest BCUT2D eigenvalue weighted by atomic mass is 16.5. The van der Waals surface area contributed by atoms with Gasteiger partial charge in [0, 0.05) is 12.2 Å². The molecule has 1 rings (SSSR count). The van der Waals surface area contributed by atoms with Crippen molar-refractivity contribution in [3.63, 3.8) is 0 Å². The summed E-state index contributed by atoms with van der Waals surface area (Å²) in [4.78, 5) is 21.7. The predicted molar refractivity (Wildman–Crippen MR) is 72.7 cm³/mol. The molecule has 0 bridgehead atoms. The molecule has 0 unspecified atom stereocenters. The lowest BCUT2D eigenvalue weighted by atomic mass is 9.69. The van der Waals surface area contributed by atoms with Gasteiger partial charge in [-0.05, 0) is 37.0 Å². The molecule has 1 aliphatic rings. The van der Waals surface area contributed by atoms with Crippen molar-refractivity contribution in [3.05, 3.63) is 12.2 Å². The highest BCUT2D eigenvalue weighted by molar-refractivity contribution is 5.90. The normalized spacial score (nSPS) is 24.4. The second kappa shape index (κ2) is 6.73. The second-order valence-electron chi connectivity index (χ2n) is 5.92. The molecule has 4 nitrogen and oxygen atoms in total. The zero-order valence-corrected chi connectivity index (χ0v) is 12.0. The molecule has 0 aromatic heterocycles. The van der Waals surface area contributed by atoms with Gasteiger partial charge in [-0.25, -0.2) is 9.59 Å². The first-order chi connectivity index (χ1) is 8.85. The zero-order chi connectivity index (χ0) is 14.5. The van der Waals surface area contributed by atoms with E-state index in [1.165, 1.54) is 0 Å². The Morgan fingerprint density at radius 1 is 1.21 bits per heavy atom. The smallest absolute Gasteiger partial charge is 0.331 e. The molecule has 0 spiro atoms. The van der Waals surface area contributed by atoms with Gasteiger partial charge in [0.1, 0.15) is 6.10 Å². The van der Waals surface area contributed by atoms with Crippen LogP contribution < -0.4 is 0 Å². The fourth-order valence-electron chi connectivity index (χ4n) is 2.59. The molecular weight excluding hydrogens is 244 g/mol. The standard InChI is InChI=1S/C15H24O4/c1-4-15(2,3)11-5-7-12(8-6-11)19-14(18)10-9-13(16)17/h9-12H,4-8H2,1-3H3,(H,16,17)/b10-9+. The topological polar surface area (TPSA) is 63.6 Å². The molecule has 0 aromatic carbocycles. The van der Waals surface area contributed by atoms with E-state index in [0.29, 0.717) is 11.3 Å². The number of aliphatic carboxylic acids is 1. The van der Waals surface area contributed by atoms with Gasteiger partial charge in [-0.3, -0.25) is 0 Å². The molecule has 1 N–H and O–H groups in total. The molecule has 1 saturated carbocycles. The van der Waals surface area contributed by atoms with Crippen molar-refractivity contribution >= 4 is 11.9 Å². The molecule has 0 aliphatic heterocycles. The first-order valence-corrected chi connectivity index (χ1v) is 6.96. The number of carboxylic acids is 1. The molecule has 0 amide bonds. The quantitative estimate of drug-likeness (QED) is 0.614. The highest BCUT2D eigenvalue weighted by Crippen LogP contribution is 2.40. The summed E-state index contributed by atoms with van der Waals surface area (Å²) in [5.74, 6) is -1.01. The summed E-state index contributed by atoms with van der Waals surface area (Å²) in [5, 5.41) is 8.43. The monoisotopic (exact) mass is 268 g/mol. The minimum atomic E-state index is -1.13. The fourth-order valence-corrected chi connectivity index (χ4v) is 2.59. The SMILES string of the molecule is CCC(C)(C)C1CCC(OC(=O)/C=C/C(=O)O)CC1. The van der Waals surface area contributed by atoms with E-state index < -0.39 is 11.9 Å². The maximum Gasteiger partial charge on any atom is 0.331 e. The third kappa shape index (κ3) is 5.05. The summed E-state index contributed by atoms with van der Waals surface area (Å²) < 4.78 is 5.25. The van der Waals surface area contributed by atoms with E-state index in [1.54, 1.807) is 0 Å². The molecule has 1 fully saturated rings. The Kier molecular flexibility index (Phi) is 5.58. The van der Waals surface area contributed by atoms with Gasteiger partial charge in [0.05, 0.1) is 0 Å². The van der Waals surface area contributed by atoms with Crippen molar-refractivity contribution in [2.24, 2.45) is 11.3 Å². The molecule has 4 heteroatoms. The Morgan fingerprint density at radius 2 is 1.79 bits per heavy atom. The lowest BCUT2D eigenvalue weighted by Crippen LogP contribution is -2.31. The summed E-state index contributed by atoms with van der Waals surface area (Å²) in [7, 11) is 0. The predicted octanol–water partition coefficient (Wildman–Crippen LogP) is 3.17. The third-order valence-corrected chi connectivity index (χ3v) is 4.34. The van der Waals surface area contributed by atoms with Crippen molar-refractivity contribution in [2.45, 2.75) is 59.0 Å². The molecule has 0 saturated heterocycles. The minimum Gasteiger partial charge on any atom is -0.478 e. The Labute approximate surface area is 114 Å². The van der Waals surface area contributed by atoms with Gasteiger partial charge in [-0.2, -0.15) is 0 Å². The van der Waals surface area contributed by atoms with Gasteiger partial charge in [0.15, 0.2) is 0 Å². The van der Waals surface area contributed by atoms with Crippen LogP contribution in [-0.4, -0.2) is 23.1 Å². The van der Waals surface area contributed by atoms with Crippen LogP contribution >= 0.6 is 0 Å². The Bertz CT molecular complexity index is 349. The van der Waals surface area contributed by atoms with Crippen LogP contribution in [0, 0.1) is 11.3 Å². The van der Waals surface area contributed by atoms with Crippen LogP contribution in [0.4, 0.5) is 0 Å². The van der Waals surface area contributed by atoms with Crippen LogP contribution in [0.25, 0.3) is 0 Å². The highest BCUT2D eigenvalue weighted by Gasteiger charge is 2.32. The van der Waals surface area contributed by atoms with Gasteiger partial charge in [-0.15, -0.1) is 0 Å². The van der Waals surface area contributed by atoms with E-state index in [0.717, 1.165) is 44.3 Å². The first kappa shape index (κ1) is 15.7. The maximum atomic E-state index is 11.4. The van der Waals surface area contributed by atoms with Crippen molar-refractivity contribution in [1.82, 2.24) is 0 Å². The number of esters is 1. The van der Waals surface area contributed by atoms with Gasteiger partial charge < -0.3 is 9.84 Å². The molecule has 19 heavy (non-hydrogen) atoms. The van der Waals surface area contributed by atoms with E-state index >= 15 is 0 Å². The van der Waals surface area contributed by atoms with Crippen molar-refractivity contribution in [2.75, 3.05) is 0 Å². The number of carbonyl (C=O) groups is 2. The van der Waals surface area contributed by atoms with Crippen molar-refractivity contribution in [1.29, 1.82) is 0 Å². The lowest BCUT2D eigenvalue weighted by Gasteiger charge is -2.38. The van der Waals surface area contributed by atoms with Crippen molar-refractivity contribution in [3.8, 4) is 0 Å². The molecule has 0 aromatic rings. The molecule has 1 aliphatic carbocycles. The van der Waals surface area contributed by atoms with E-state index in [9.17, 15) is 9.59 Å². The van der Waals surface area contributed by atoms with Crippen LogP contribution in [0.3, 0.4) is 0 Å². The summed E-state index contributed by atoms with van der Waals surface area (Å²) in [5.41, 5.74) is 0.345. The Balaban J connectivity index is 2.38. The molecule has 108 valence electrons. The summed E-state index contributed by atoms with van der Waals surface area (Å²) in [6.07, 6.45) is 6.78. The number of hydrogen-bond acceptors (Lipinski definition) is 3. The largest absolute Gasteiger partial charge is 0.478 e. The maximum absolute atomic E-state index is 11.4. The summed E-state index contributed by atoms with van der Waals surface area (Å²) in [6.45, 7) is 6.79. The zero-order valence-electron chi connectivity index (χ0n) is 12.0. The first-order valence-electron chi connectivity index (χ1n) is 6.96. The van der Waals surface area contributed by atoms with Crippen LogP contribution in [0.5, 0.6) is 0 Å². The number of ether oxygens (including phenoxy) is 1. The van der Waals surface area contributed by atoms with Gasteiger partial charge in [0.25, 0.3) is 0 Å². The van der Waals surface area contributed by atoms with Gasteiger partial charge in [0.2, 0.25) is 0 Å². The summed E-state index contributed by atoms with van der Waals surface area (Å²) in [6, 6.07) is 0. The molecule has 0 radical (unpaired) electrons. The number of hydrogen-bond donors (Lipinski definition) is 1. The van der Waals surface area contributed by atoms with E-state index in [4.69, 9.17) is 9.84 Å². The third-order valence-electron chi connectivity index (χ3n) is 4.34. The lowest BCUT2D eigenvalue weighted by molar-refractivity contribution is -0.145. The van der Waals surface area contributed by atoms with Gasteiger partial charge in [-0.1, -0.05) is 27.2 Å². The van der Waals surface area contributed by atoms with Gasteiger partial charge >= 0.3 is 11.9 Å². The number of rotatable bonds is 5. The average Bonchev–Trinajstić information content (AvgIpc) is 2.37. The molecular formula is C15H24O4. The van der Waals surface area contributed by atoms with Crippen LogP contribution in [-0.2, 0) is 14.3 Å². The fraction of sp³-hybridized carbons (Fsp3) is 0.733. The van der Waals surface area contributed by atoms with E-state index in [2.05, 4.69) is 20.8 Å². The van der Waals surface area contributed by atoms with Crippen molar-refractivity contribution < 1.29 is 19.4 Å². The molecule has 0 atom stereocenters. The second-order valence-corrected chi connectivity index (χ2v) is 5.92. The number of carboxylic acid groups (broad SMARTS) is 1. The summed E-state index contributed by atoms with van der Waals surface area (Å²) >= 11 is 0. The molecule has 0 heterocycles. The Morgan fingerprint density at radius 3 is 2.26 bits per heavy atom. The van der Waals surface area contributed by atoms with E-state index in [1.807, 2.05) is 0 Å².